The normalized spacial score (nSPS) is 12.7. The van der Waals surface area contributed by atoms with Gasteiger partial charge in [0.05, 0.1) is 10.0 Å². The number of hydrogen-bond donors (Lipinski definition) is 1. The highest BCUT2D eigenvalue weighted by Crippen LogP contribution is 2.32. The highest BCUT2D eigenvalue weighted by molar-refractivity contribution is 6.42. The van der Waals surface area contributed by atoms with Crippen molar-refractivity contribution < 1.29 is 9.53 Å². The lowest BCUT2D eigenvalue weighted by Gasteiger charge is -2.08. The first kappa shape index (κ1) is 11.3. The van der Waals surface area contributed by atoms with Gasteiger partial charge in [-0.2, -0.15) is 0 Å². The largest absolute Gasteiger partial charge is 0.460 e. The highest BCUT2D eigenvalue weighted by Gasteiger charge is 2.13. The Hall–Kier alpha value is -1.19. The first-order valence-electron chi connectivity index (χ1n) is 4.68. The number of rotatable bonds is 3. The molecule has 0 saturated heterocycles. The van der Waals surface area contributed by atoms with E-state index in [1.54, 1.807) is 25.3 Å². The summed E-state index contributed by atoms with van der Waals surface area (Å²) >= 11 is 11.8. The van der Waals surface area contributed by atoms with Crippen molar-refractivity contribution in [2.24, 2.45) is 0 Å². The van der Waals surface area contributed by atoms with Gasteiger partial charge >= 0.3 is 0 Å². The molecule has 1 heterocycles. The molecule has 1 atom stereocenters. The van der Waals surface area contributed by atoms with Crippen LogP contribution in [0, 0.1) is 0 Å². The minimum atomic E-state index is -0.316. The van der Waals surface area contributed by atoms with Crippen LogP contribution in [0.2, 0.25) is 10.0 Å². The Balaban J connectivity index is 2.55. The fraction of sp³-hybridized carbons (Fsp3) is 0.182. The second-order valence-corrected chi connectivity index (χ2v) is 4.24. The van der Waals surface area contributed by atoms with Crippen LogP contribution >= 0.6 is 23.2 Å². The predicted octanol–water partition coefficient (Wildman–Crippen LogP) is 3.71. The Bertz CT molecular complexity index is 536. The minimum absolute atomic E-state index is 0.316. The third-order valence-corrected chi connectivity index (χ3v) is 3.17. The number of benzene rings is 1. The zero-order valence-corrected chi connectivity index (χ0v) is 9.97. The van der Waals surface area contributed by atoms with E-state index in [4.69, 9.17) is 27.9 Å². The van der Waals surface area contributed by atoms with Gasteiger partial charge in [0, 0.05) is 22.7 Å². The first-order valence-corrected chi connectivity index (χ1v) is 5.44. The predicted molar refractivity (Wildman–Crippen MR) is 63.9 cm³/mol. The maximum absolute atomic E-state index is 10.3. The van der Waals surface area contributed by atoms with Gasteiger partial charge in [-0.15, -0.1) is 0 Å². The number of aromatic amines is 1. The maximum atomic E-state index is 10.3. The van der Waals surface area contributed by atoms with E-state index in [0.29, 0.717) is 16.5 Å². The van der Waals surface area contributed by atoms with Gasteiger partial charge in [-0.25, -0.2) is 0 Å². The van der Waals surface area contributed by atoms with E-state index in [1.165, 1.54) is 0 Å². The van der Waals surface area contributed by atoms with Gasteiger partial charge in [0.15, 0.2) is 0 Å². The maximum Gasteiger partial charge on any atom is 0.293 e. The Kier molecular flexibility index (Phi) is 3.08. The molecular weight excluding hydrogens is 249 g/mol. The molecule has 0 radical (unpaired) electrons. The van der Waals surface area contributed by atoms with E-state index in [0.717, 1.165) is 16.5 Å². The topological polar surface area (TPSA) is 42.1 Å². The molecule has 1 N–H and O–H groups in total. The summed E-state index contributed by atoms with van der Waals surface area (Å²) in [6.07, 6.45) is 1.47. The summed E-state index contributed by atoms with van der Waals surface area (Å²) in [5.74, 6) is 0. The van der Waals surface area contributed by atoms with Crippen molar-refractivity contribution in [1.29, 1.82) is 0 Å². The standard InChI is InChI=1S/C11H9Cl2NO2/c1-6(16-5-15)8-4-14-11-3-10(13)9(12)2-7(8)11/h2-6,14H,1H3. The molecule has 1 unspecified atom stereocenters. The van der Waals surface area contributed by atoms with E-state index in [-0.39, 0.29) is 6.10 Å². The smallest absolute Gasteiger partial charge is 0.293 e. The molecule has 1 aromatic carbocycles. The zero-order valence-electron chi connectivity index (χ0n) is 8.46. The molecule has 2 rings (SSSR count). The van der Waals surface area contributed by atoms with Crippen molar-refractivity contribution in [3.8, 4) is 0 Å². The molecular formula is C11H9Cl2NO2. The van der Waals surface area contributed by atoms with E-state index in [2.05, 4.69) is 4.98 Å². The van der Waals surface area contributed by atoms with Crippen LogP contribution in [0.4, 0.5) is 0 Å². The number of fused-ring (bicyclic) bond motifs is 1. The summed E-state index contributed by atoms with van der Waals surface area (Å²) in [5, 5.41) is 1.88. The minimum Gasteiger partial charge on any atom is -0.460 e. The zero-order chi connectivity index (χ0) is 11.7. The quantitative estimate of drug-likeness (QED) is 0.852. The first-order chi connectivity index (χ1) is 7.63. The molecule has 0 bridgehead atoms. The molecule has 0 saturated carbocycles. The van der Waals surface area contributed by atoms with Crippen molar-refractivity contribution >= 4 is 40.6 Å². The van der Waals surface area contributed by atoms with Crippen LogP contribution in [0.1, 0.15) is 18.6 Å². The van der Waals surface area contributed by atoms with Crippen molar-refractivity contribution in [3.63, 3.8) is 0 Å². The Morgan fingerprint density at radius 3 is 2.75 bits per heavy atom. The monoisotopic (exact) mass is 257 g/mol. The molecule has 0 amide bonds. The molecule has 2 aromatic rings. The SMILES string of the molecule is CC(OC=O)c1c[nH]c2cc(Cl)c(Cl)cc12. The van der Waals surface area contributed by atoms with Gasteiger partial charge in [0.1, 0.15) is 6.10 Å². The molecule has 0 spiro atoms. The molecule has 0 fully saturated rings. The second-order valence-electron chi connectivity index (χ2n) is 3.43. The number of carbonyl (C=O) groups is 1. The van der Waals surface area contributed by atoms with E-state index < -0.39 is 0 Å². The third kappa shape index (κ3) is 1.88. The van der Waals surface area contributed by atoms with Crippen LogP contribution in [-0.4, -0.2) is 11.5 Å². The van der Waals surface area contributed by atoms with E-state index >= 15 is 0 Å². The number of ether oxygens (including phenoxy) is 1. The summed E-state index contributed by atoms with van der Waals surface area (Å²) in [4.78, 5) is 13.3. The summed E-state index contributed by atoms with van der Waals surface area (Å²) in [6, 6.07) is 3.51. The molecule has 5 heteroatoms. The number of aromatic nitrogens is 1. The molecule has 0 aliphatic carbocycles. The van der Waals surface area contributed by atoms with Gasteiger partial charge in [-0.1, -0.05) is 23.2 Å². The average molecular weight is 258 g/mol. The second kappa shape index (κ2) is 4.36. The fourth-order valence-corrected chi connectivity index (χ4v) is 1.96. The number of hydrogen-bond acceptors (Lipinski definition) is 2. The Labute approximate surface area is 102 Å². The number of nitrogens with one attached hydrogen (secondary N) is 1. The summed E-state index contributed by atoms with van der Waals surface area (Å²) in [6.45, 7) is 2.22. The molecule has 84 valence electrons. The number of H-pyrrole nitrogens is 1. The summed E-state index contributed by atoms with van der Waals surface area (Å²) < 4.78 is 4.89. The van der Waals surface area contributed by atoms with Crippen molar-refractivity contribution in [3.05, 3.63) is 33.9 Å². The van der Waals surface area contributed by atoms with E-state index in [9.17, 15) is 4.79 Å². The van der Waals surface area contributed by atoms with Gasteiger partial charge < -0.3 is 9.72 Å². The number of carbonyl (C=O) groups excluding carboxylic acids is 1. The van der Waals surface area contributed by atoms with Crippen molar-refractivity contribution in [1.82, 2.24) is 4.98 Å². The van der Waals surface area contributed by atoms with Crippen LogP contribution < -0.4 is 0 Å². The van der Waals surface area contributed by atoms with Crippen LogP contribution in [0.5, 0.6) is 0 Å². The van der Waals surface area contributed by atoms with Crippen LogP contribution in [0.25, 0.3) is 10.9 Å². The van der Waals surface area contributed by atoms with Gasteiger partial charge in [0.2, 0.25) is 0 Å². The molecule has 3 nitrogen and oxygen atoms in total. The molecule has 1 aromatic heterocycles. The number of halogens is 2. The van der Waals surface area contributed by atoms with Gasteiger partial charge in [-0.3, -0.25) is 4.79 Å². The lowest BCUT2D eigenvalue weighted by atomic mass is 10.1. The lowest BCUT2D eigenvalue weighted by Crippen LogP contribution is -1.96. The third-order valence-electron chi connectivity index (χ3n) is 2.45. The lowest BCUT2D eigenvalue weighted by molar-refractivity contribution is -0.133. The van der Waals surface area contributed by atoms with Gasteiger partial charge in [-0.05, 0) is 19.1 Å². The fourth-order valence-electron chi connectivity index (χ4n) is 1.63. The highest BCUT2D eigenvalue weighted by atomic mass is 35.5. The molecule has 0 aliphatic heterocycles. The van der Waals surface area contributed by atoms with Crippen molar-refractivity contribution in [2.75, 3.05) is 0 Å². The summed E-state index contributed by atoms with van der Waals surface area (Å²) in [5.41, 5.74) is 1.74. The van der Waals surface area contributed by atoms with E-state index in [1.807, 2.05) is 0 Å². The molecule has 0 aliphatic rings. The van der Waals surface area contributed by atoms with Crippen molar-refractivity contribution in [2.45, 2.75) is 13.0 Å². The average Bonchev–Trinajstić information content (AvgIpc) is 2.62. The van der Waals surface area contributed by atoms with Gasteiger partial charge in [0.25, 0.3) is 6.47 Å². The van der Waals surface area contributed by atoms with Crippen LogP contribution in [0.3, 0.4) is 0 Å². The summed E-state index contributed by atoms with van der Waals surface area (Å²) in [7, 11) is 0. The molecule has 16 heavy (non-hydrogen) atoms. The van der Waals surface area contributed by atoms with Crippen LogP contribution in [0.15, 0.2) is 18.3 Å². The Morgan fingerprint density at radius 1 is 1.38 bits per heavy atom. The van der Waals surface area contributed by atoms with Crippen LogP contribution in [-0.2, 0) is 9.53 Å². The Morgan fingerprint density at radius 2 is 2.06 bits per heavy atom.